The SMILES string of the molecule is CCCCc1oc2ccc(N)cc2c1C(=O)c1ccc(OCCC(CC)N(CCCC)CCCC)cc1.O=C(O)C(=O)O.O=C(O)C(=O)O. The fraction of sp³-hybridized carbons (Fsp3) is 0.472. The number of aryl methyl sites for hydroxylation is 1. The number of furan rings is 1. The molecule has 0 spiro atoms. The lowest BCUT2D eigenvalue weighted by atomic mass is 9.98. The number of aliphatic carboxylic acids is 4. The van der Waals surface area contributed by atoms with E-state index in [0.717, 1.165) is 49.0 Å². The Labute approximate surface area is 286 Å². The van der Waals surface area contributed by atoms with Gasteiger partial charge >= 0.3 is 23.9 Å². The van der Waals surface area contributed by atoms with Gasteiger partial charge in [-0.15, -0.1) is 0 Å². The van der Waals surface area contributed by atoms with Crippen LogP contribution in [0.1, 0.15) is 101 Å². The number of carbonyl (C=O) groups is 5. The molecule has 0 radical (unpaired) electrons. The highest BCUT2D eigenvalue weighted by Gasteiger charge is 2.22. The molecule has 13 heteroatoms. The van der Waals surface area contributed by atoms with Gasteiger partial charge < -0.3 is 40.2 Å². The molecule has 0 saturated carbocycles. The fourth-order valence-electron chi connectivity index (χ4n) is 4.93. The Morgan fingerprint density at radius 3 is 1.78 bits per heavy atom. The van der Waals surface area contributed by atoms with E-state index >= 15 is 0 Å². The van der Waals surface area contributed by atoms with Crippen LogP contribution in [0.3, 0.4) is 0 Å². The van der Waals surface area contributed by atoms with Gasteiger partial charge in [0, 0.05) is 29.1 Å². The third-order valence-electron chi connectivity index (χ3n) is 7.56. The van der Waals surface area contributed by atoms with Crippen molar-refractivity contribution in [3.05, 3.63) is 59.4 Å². The fourth-order valence-corrected chi connectivity index (χ4v) is 4.93. The lowest BCUT2D eigenvalue weighted by Crippen LogP contribution is -2.37. The van der Waals surface area contributed by atoms with Crippen LogP contribution in [0.25, 0.3) is 11.0 Å². The summed E-state index contributed by atoms with van der Waals surface area (Å²) in [6.07, 6.45) is 9.82. The number of carbonyl (C=O) groups excluding carboxylic acids is 1. The normalized spacial score (nSPS) is 11.1. The first-order valence-electron chi connectivity index (χ1n) is 16.6. The standard InChI is InChI=1S/C32H46N2O3.2C2H2O4/c1-5-9-12-30-31(28-23-25(33)15-18-29(28)37-30)32(35)24-13-16-27(17-14-24)36-22-19-26(8-4)34(20-10-6-2)21-11-7-3;2*3-1(4)2(5)6/h13-18,23,26H,5-12,19-22,33H2,1-4H3;2*(H,3,4)(H,5,6). The molecule has 1 heterocycles. The number of carboxylic acid groups (broad SMARTS) is 4. The van der Waals surface area contributed by atoms with Crippen LogP contribution in [0.15, 0.2) is 46.9 Å². The molecule has 0 saturated heterocycles. The van der Waals surface area contributed by atoms with Crippen molar-refractivity contribution in [3.63, 3.8) is 0 Å². The van der Waals surface area contributed by atoms with Gasteiger partial charge in [-0.1, -0.05) is 47.0 Å². The molecule has 0 aliphatic rings. The summed E-state index contributed by atoms with van der Waals surface area (Å²) < 4.78 is 12.2. The number of ether oxygens (including phenoxy) is 1. The van der Waals surface area contributed by atoms with Crippen molar-refractivity contribution in [2.75, 3.05) is 25.4 Å². The number of hydrogen-bond acceptors (Lipinski definition) is 9. The summed E-state index contributed by atoms with van der Waals surface area (Å²) in [7, 11) is 0. The lowest BCUT2D eigenvalue weighted by molar-refractivity contribution is -0.159. The van der Waals surface area contributed by atoms with Crippen LogP contribution in [0.4, 0.5) is 5.69 Å². The van der Waals surface area contributed by atoms with Gasteiger partial charge in [0.05, 0.1) is 12.2 Å². The van der Waals surface area contributed by atoms with Crippen molar-refractivity contribution in [2.24, 2.45) is 0 Å². The van der Waals surface area contributed by atoms with E-state index in [-0.39, 0.29) is 5.78 Å². The Bertz CT molecular complexity index is 1440. The summed E-state index contributed by atoms with van der Waals surface area (Å²) >= 11 is 0. The van der Waals surface area contributed by atoms with Crippen molar-refractivity contribution in [2.45, 2.75) is 91.5 Å². The van der Waals surface area contributed by atoms with Crippen molar-refractivity contribution < 1.29 is 53.6 Å². The number of nitrogen functional groups attached to an aromatic ring is 1. The highest BCUT2D eigenvalue weighted by molar-refractivity contribution is 6.27. The largest absolute Gasteiger partial charge is 0.494 e. The molecule has 0 bridgehead atoms. The summed E-state index contributed by atoms with van der Waals surface area (Å²) in [4.78, 5) is 52.6. The smallest absolute Gasteiger partial charge is 0.414 e. The van der Waals surface area contributed by atoms with Crippen LogP contribution in [-0.4, -0.2) is 80.7 Å². The van der Waals surface area contributed by atoms with E-state index < -0.39 is 23.9 Å². The number of nitrogens with two attached hydrogens (primary N) is 1. The molecule has 3 aromatic rings. The first-order chi connectivity index (χ1) is 23.3. The Kier molecular flexibility index (Phi) is 19.4. The van der Waals surface area contributed by atoms with E-state index in [1.54, 1.807) is 0 Å². The van der Waals surface area contributed by atoms with Gasteiger partial charge in [-0.3, -0.25) is 4.79 Å². The molecule has 1 aromatic heterocycles. The monoisotopic (exact) mass is 686 g/mol. The molecule has 270 valence electrons. The second-order valence-corrected chi connectivity index (χ2v) is 11.3. The second-order valence-electron chi connectivity index (χ2n) is 11.3. The van der Waals surface area contributed by atoms with Crippen LogP contribution in [0.5, 0.6) is 5.75 Å². The van der Waals surface area contributed by atoms with Gasteiger partial charge in [0.15, 0.2) is 5.78 Å². The highest BCUT2D eigenvalue weighted by Crippen LogP contribution is 2.31. The molecule has 0 amide bonds. The maximum absolute atomic E-state index is 13.6. The zero-order chi connectivity index (χ0) is 36.9. The zero-order valence-corrected chi connectivity index (χ0v) is 28.8. The van der Waals surface area contributed by atoms with E-state index in [2.05, 4.69) is 32.6 Å². The average molecular weight is 687 g/mol. The van der Waals surface area contributed by atoms with Crippen molar-refractivity contribution in [1.29, 1.82) is 0 Å². The Balaban J connectivity index is 0.000000853. The molecule has 1 atom stereocenters. The summed E-state index contributed by atoms with van der Waals surface area (Å²) in [5.41, 5.74) is 8.63. The predicted molar refractivity (Wildman–Crippen MR) is 185 cm³/mol. The molecular formula is C36H50N2O11. The van der Waals surface area contributed by atoms with E-state index in [1.807, 2.05) is 42.5 Å². The van der Waals surface area contributed by atoms with Gasteiger partial charge in [-0.25, -0.2) is 19.2 Å². The van der Waals surface area contributed by atoms with Gasteiger partial charge in [-0.2, -0.15) is 0 Å². The summed E-state index contributed by atoms with van der Waals surface area (Å²) in [5.74, 6) is -5.79. The summed E-state index contributed by atoms with van der Waals surface area (Å²) in [6.45, 7) is 11.9. The van der Waals surface area contributed by atoms with Crippen molar-refractivity contribution in [3.8, 4) is 5.75 Å². The van der Waals surface area contributed by atoms with Crippen LogP contribution < -0.4 is 10.5 Å². The topological polar surface area (TPSA) is 218 Å². The lowest BCUT2D eigenvalue weighted by Gasteiger charge is -2.31. The Morgan fingerprint density at radius 2 is 1.31 bits per heavy atom. The van der Waals surface area contributed by atoms with Crippen LogP contribution in [0, 0.1) is 0 Å². The molecule has 0 aliphatic carbocycles. The number of anilines is 1. The van der Waals surface area contributed by atoms with E-state index in [9.17, 15) is 4.79 Å². The van der Waals surface area contributed by atoms with E-state index in [0.29, 0.717) is 35.0 Å². The van der Waals surface area contributed by atoms with Crippen LogP contribution in [0.2, 0.25) is 0 Å². The number of carboxylic acids is 4. The number of ketones is 1. The third-order valence-corrected chi connectivity index (χ3v) is 7.56. The molecule has 13 nitrogen and oxygen atoms in total. The minimum atomic E-state index is -1.82. The van der Waals surface area contributed by atoms with Crippen molar-refractivity contribution >= 4 is 46.3 Å². The molecule has 0 aliphatic heterocycles. The number of unbranched alkanes of at least 4 members (excludes halogenated alkanes) is 3. The highest BCUT2D eigenvalue weighted by atomic mass is 16.5. The van der Waals surface area contributed by atoms with Gasteiger partial charge in [0.25, 0.3) is 0 Å². The minimum absolute atomic E-state index is 0.0319. The molecular weight excluding hydrogens is 636 g/mol. The van der Waals surface area contributed by atoms with E-state index in [4.69, 9.17) is 54.5 Å². The first-order valence-corrected chi connectivity index (χ1v) is 16.6. The molecule has 2 aromatic carbocycles. The summed E-state index contributed by atoms with van der Waals surface area (Å²) in [6, 6.07) is 13.6. The molecule has 3 rings (SSSR count). The zero-order valence-electron chi connectivity index (χ0n) is 28.8. The molecule has 1 unspecified atom stereocenters. The number of fused-ring (bicyclic) bond motifs is 1. The average Bonchev–Trinajstić information content (AvgIpc) is 3.43. The number of benzene rings is 2. The minimum Gasteiger partial charge on any atom is -0.494 e. The Hall–Kier alpha value is -4.91. The van der Waals surface area contributed by atoms with Crippen LogP contribution >= 0.6 is 0 Å². The molecule has 0 fully saturated rings. The predicted octanol–water partition coefficient (Wildman–Crippen LogP) is 6.35. The van der Waals surface area contributed by atoms with Crippen molar-refractivity contribution in [1.82, 2.24) is 4.90 Å². The first kappa shape index (κ1) is 42.1. The van der Waals surface area contributed by atoms with Crippen LogP contribution in [-0.2, 0) is 25.6 Å². The van der Waals surface area contributed by atoms with Gasteiger partial charge in [0.1, 0.15) is 17.1 Å². The third kappa shape index (κ3) is 14.8. The number of nitrogens with zero attached hydrogens (tertiary/aromatic N) is 1. The number of rotatable bonds is 17. The van der Waals surface area contributed by atoms with Gasteiger partial charge in [0.2, 0.25) is 0 Å². The summed E-state index contributed by atoms with van der Waals surface area (Å²) in [5, 5.41) is 30.4. The quantitative estimate of drug-likeness (QED) is 0.0595. The van der Waals surface area contributed by atoms with Gasteiger partial charge in [-0.05, 0) is 87.7 Å². The maximum atomic E-state index is 13.6. The molecule has 6 N–H and O–H groups in total. The maximum Gasteiger partial charge on any atom is 0.414 e. The second kappa shape index (κ2) is 22.6. The Morgan fingerprint density at radius 1 is 0.776 bits per heavy atom. The molecule has 49 heavy (non-hydrogen) atoms. The van der Waals surface area contributed by atoms with E-state index in [1.165, 1.54) is 38.8 Å². The number of hydrogen-bond donors (Lipinski definition) is 5.